The van der Waals surface area contributed by atoms with Crippen LogP contribution in [0.15, 0.2) is 18.2 Å². The quantitative estimate of drug-likeness (QED) is 0.834. The summed E-state index contributed by atoms with van der Waals surface area (Å²) in [6, 6.07) is 4.55. The molecule has 0 spiro atoms. The Labute approximate surface area is 105 Å². The SMILES string of the molecule is C[C@@H]1COCCN1C(=O)c1ccc(O)c(Cl)c1. The molecule has 17 heavy (non-hydrogen) atoms. The number of phenolic OH excluding ortho intramolecular Hbond substituents is 1. The van der Waals surface area contributed by atoms with Gasteiger partial charge in [-0.05, 0) is 25.1 Å². The summed E-state index contributed by atoms with van der Waals surface area (Å²) in [5.74, 6) is -0.0963. The van der Waals surface area contributed by atoms with Gasteiger partial charge in [-0.1, -0.05) is 11.6 Å². The second-order valence-electron chi connectivity index (χ2n) is 4.09. The van der Waals surface area contributed by atoms with E-state index in [-0.39, 0.29) is 22.7 Å². The van der Waals surface area contributed by atoms with Crippen LogP contribution in [0.3, 0.4) is 0 Å². The molecule has 92 valence electrons. The molecule has 1 saturated heterocycles. The Morgan fingerprint density at radius 1 is 1.59 bits per heavy atom. The maximum atomic E-state index is 12.2. The van der Waals surface area contributed by atoms with E-state index in [1.807, 2.05) is 6.92 Å². The Balaban J connectivity index is 2.21. The minimum absolute atomic E-state index is 0.0155. The molecule has 1 aromatic carbocycles. The van der Waals surface area contributed by atoms with Crippen molar-refractivity contribution >= 4 is 17.5 Å². The largest absolute Gasteiger partial charge is 0.506 e. The van der Waals surface area contributed by atoms with E-state index in [2.05, 4.69) is 0 Å². The summed E-state index contributed by atoms with van der Waals surface area (Å²) in [7, 11) is 0. The Hall–Kier alpha value is -1.26. The van der Waals surface area contributed by atoms with Crippen molar-refractivity contribution in [3.8, 4) is 5.75 Å². The topological polar surface area (TPSA) is 49.8 Å². The lowest BCUT2D eigenvalue weighted by atomic mass is 10.1. The van der Waals surface area contributed by atoms with Crippen LogP contribution in [0.25, 0.3) is 0 Å². The summed E-state index contributed by atoms with van der Waals surface area (Å²) in [4.78, 5) is 14.0. The van der Waals surface area contributed by atoms with Gasteiger partial charge in [0.1, 0.15) is 5.75 Å². The summed E-state index contributed by atoms with van der Waals surface area (Å²) >= 11 is 5.79. The molecule has 4 nitrogen and oxygen atoms in total. The molecular weight excluding hydrogens is 242 g/mol. The number of amides is 1. The summed E-state index contributed by atoms with van der Waals surface area (Å²) in [6.07, 6.45) is 0. The van der Waals surface area contributed by atoms with Gasteiger partial charge in [-0.2, -0.15) is 0 Å². The summed E-state index contributed by atoms with van der Waals surface area (Å²) < 4.78 is 5.28. The molecule has 0 bridgehead atoms. The molecule has 2 rings (SSSR count). The maximum absolute atomic E-state index is 12.2. The molecule has 1 aliphatic rings. The normalized spacial score (nSPS) is 20.4. The van der Waals surface area contributed by atoms with Gasteiger partial charge in [-0.3, -0.25) is 4.79 Å². The van der Waals surface area contributed by atoms with E-state index >= 15 is 0 Å². The van der Waals surface area contributed by atoms with Crippen LogP contribution >= 0.6 is 11.6 Å². The Morgan fingerprint density at radius 3 is 3.00 bits per heavy atom. The van der Waals surface area contributed by atoms with E-state index in [0.717, 1.165) is 0 Å². The molecule has 1 heterocycles. The first-order chi connectivity index (χ1) is 8.09. The van der Waals surface area contributed by atoms with Crippen LogP contribution in [0.5, 0.6) is 5.75 Å². The van der Waals surface area contributed by atoms with Gasteiger partial charge in [-0.25, -0.2) is 0 Å². The zero-order valence-electron chi connectivity index (χ0n) is 9.52. The highest BCUT2D eigenvalue weighted by molar-refractivity contribution is 6.32. The van der Waals surface area contributed by atoms with Crippen molar-refractivity contribution in [2.75, 3.05) is 19.8 Å². The van der Waals surface area contributed by atoms with Crippen LogP contribution in [-0.2, 0) is 4.74 Å². The van der Waals surface area contributed by atoms with Crippen molar-refractivity contribution in [1.29, 1.82) is 0 Å². The molecule has 0 saturated carbocycles. The molecule has 0 radical (unpaired) electrons. The molecule has 1 aromatic rings. The van der Waals surface area contributed by atoms with Gasteiger partial charge in [0.15, 0.2) is 0 Å². The second kappa shape index (κ2) is 4.94. The fourth-order valence-electron chi connectivity index (χ4n) is 1.83. The number of ether oxygens (including phenoxy) is 1. The highest BCUT2D eigenvalue weighted by atomic mass is 35.5. The third-order valence-corrected chi connectivity index (χ3v) is 3.13. The average molecular weight is 256 g/mol. The molecule has 1 N–H and O–H groups in total. The van der Waals surface area contributed by atoms with Gasteiger partial charge < -0.3 is 14.7 Å². The fraction of sp³-hybridized carbons (Fsp3) is 0.417. The molecule has 1 fully saturated rings. The number of phenols is 1. The van der Waals surface area contributed by atoms with Gasteiger partial charge in [0, 0.05) is 12.1 Å². The highest BCUT2D eigenvalue weighted by Crippen LogP contribution is 2.24. The van der Waals surface area contributed by atoms with Crippen LogP contribution in [0.2, 0.25) is 5.02 Å². The van der Waals surface area contributed by atoms with E-state index in [4.69, 9.17) is 16.3 Å². The lowest BCUT2D eigenvalue weighted by Crippen LogP contribution is -2.47. The van der Waals surface area contributed by atoms with Crippen molar-refractivity contribution in [2.24, 2.45) is 0 Å². The van der Waals surface area contributed by atoms with Crippen LogP contribution in [0, 0.1) is 0 Å². The van der Waals surface area contributed by atoms with Gasteiger partial charge in [0.2, 0.25) is 0 Å². The average Bonchev–Trinajstić information content (AvgIpc) is 2.32. The third kappa shape index (κ3) is 2.53. The molecule has 0 aliphatic carbocycles. The first-order valence-electron chi connectivity index (χ1n) is 5.47. The van der Waals surface area contributed by atoms with Crippen molar-refractivity contribution in [3.05, 3.63) is 28.8 Å². The molecule has 1 amide bonds. The first-order valence-corrected chi connectivity index (χ1v) is 5.84. The van der Waals surface area contributed by atoms with Gasteiger partial charge in [0.05, 0.1) is 24.3 Å². The van der Waals surface area contributed by atoms with E-state index in [0.29, 0.717) is 25.3 Å². The number of carbonyl (C=O) groups excluding carboxylic acids is 1. The second-order valence-corrected chi connectivity index (χ2v) is 4.50. The van der Waals surface area contributed by atoms with E-state index < -0.39 is 0 Å². The number of hydrogen-bond donors (Lipinski definition) is 1. The molecule has 0 aromatic heterocycles. The Bertz CT molecular complexity index is 436. The van der Waals surface area contributed by atoms with E-state index in [1.165, 1.54) is 12.1 Å². The highest BCUT2D eigenvalue weighted by Gasteiger charge is 2.24. The minimum atomic E-state index is -0.0808. The Morgan fingerprint density at radius 2 is 2.35 bits per heavy atom. The fourth-order valence-corrected chi connectivity index (χ4v) is 2.02. The lowest BCUT2D eigenvalue weighted by molar-refractivity contribution is 0.00359. The summed E-state index contributed by atoms with van der Waals surface area (Å²) in [5, 5.41) is 9.50. The van der Waals surface area contributed by atoms with Crippen molar-refractivity contribution < 1.29 is 14.6 Å². The van der Waals surface area contributed by atoms with E-state index in [1.54, 1.807) is 11.0 Å². The van der Waals surface area contributed by atoms with Crippen LogP contribution in [0.4, 0.5) is 0 Å². The number of hydrogen-bond acceptors (Lipinski definition) is 3. The number of morpholine rings is 1. The van der Waals surface area contributed by atoms with Crippen LogP contribution in [-0.4, -0.2) is 41.7 Å². The zero-order chi connectivity index (χ0) is 12.4. The van der Waals surface area contributed by atoms with Crippen molar-refractivity contribution in [1.82, 2.24) is 4.90 Å². The van der Waals surface area contributed by atoms with E-state index in [9.17, 15) is 9.90 Å². The summed E-state index contributed by atoms with van der Waals surface area (Å²) in [5.41, 5.74) is 0.488. The summed E-state index contributed by atoms with van der Waals surface area (Å²) in [6.45, 7) is 3.64. The predicted octanol–water partition coefficient (Wildman–Crippen LogP) is 1.91. The maximum Gasteiger partial charge on any atom is 0.254 e. The smallest absolute Gasteiger partial charge is 0.254 e. The molecule has 5 heteroatoms. The van der Waals surface area contributed by atoms with Crippen LogP contribution < -0.4 is 0 Å². The van der Waals surface area contributed by atoms with Gasteiger partial charge >= 0.3 is 0 Å². The number of nitrogens with zero attached hydrogens (tertiary/aromatic N) is 1. The van der Waals surface area contributed by atoms with Crippen molar-refractivity contribution in [2.45, 2.75) is 13.0 Å². The zero-order valence-corrected chi connectivity index (χ0v) is 10.3. The molecule has 0 unspecified atom stereocenters. The number of halogens is 1. The number of aromatic hydroxyl groups is 1. The van der Waals surface area contributed by atoms with Gasteiger partial charge in [-0.15, -0.1) is 0 Å². The number of carbonyl (C=O) groups is 1. The van der Waals surface area contributed by atoms with Crippen LogP contribution in [0.1, 0.15) is 17.3 Å². The predicted molar refractivity (Wildman–Crippen MR) is 64.4 cm³/mol. The molecular formula is C12H14ClNO3. The molecule has 1 aliphatic heterocycles. The standard InChI is InChI=1S/C12H14ClNO3/c1-8-7-17-5-4-14(8)12(16)9-2-3-11(15)10(13)6-9/h2-3,6,8,15H,4-5,7H2,1H3/t8-/m1/s1. The Kier molecular flexibility index (Phi) is 3.54. The van der Waals surface area contributed by atoms with Crippen molar-refractivity contribution in [3.63, 3.8) is 0 Å². The third-order valence-electron chi connectivity index (χ3n) is 2.82. The number of benzene rings is 1. The molecule has 1 atom stereocenters. The minimum Gasteiger partial charge on any atom is -0.506 e. The number of rotatable bonds is 1. The monoisotopic (exact) mass is 255 g/mol. The first kappa shape index (κ1) is 12.2. The lowest BCUT2D eigenvalue weighted by Gasteiger charge is -2.33. The van der Waals surface area contributed by atoms with Gasteiger partial charge in [0.25, 0.3) is 5.91 Å².